The molecule has 3 nitrogen and oxygen atoms in total. The van der Waals surface area contributed by atoms with Gasteiger partial charge in [0, 0.05) is 25.0 Å². The van der Waals surface area contributed by atoms with Crippen LogP contribution in [0.2, 0.25) is 0 Å². The molecule has 1 amide bonds. The number of carbonyl (C=O) groups excluding carboxylic acids is 1. The molecule has 128 valence electrons. The van der Waals surface area contributed by atoms with Gasteiger partial charge < -0.3 is 10.2 Å². The Bertz CT molecular complexity index is 564. The second kappa shape index (κ2) is 7.58. The molecule has 0 radical (unpaired) electrons. The summed E-state index contributed by atoms with van der Waals surface area (Å²) in [5.41, 5.74) is 0.347. The Balaban J connectivity index is 0.00000192. The minimum atomic E-state index is -0.445. The molecule has 0 bridgehead atoms. The van der Waals surface area contributed by atoms with E-state index in [1.54, 1.807) is 0 Å². The van der Waals surface area contributed by atoms with Crippen LogP contribution in [0.3, 0.4) is 0 Å². The summed E-state index contributed by atoms with van der Waals surface area (Å²) in [6.07, 6.45) is 2.50. The van der Waals surface area contributed by atoms with Gasteiger partial charge in [-0.25, -0.2) is 8.78 Å². The number of amides is 1. The number of halogens is 3. The highest BCUT2D eigenvalue weighted by Crippen LogP contribution is 2.49. The molecule has 1 saturated carbocycles. The molecule has 1 saturated heterocycles. The number of rotatable bonds is 5. The second-order valence-corrected chi connectivity index (χ2v) is 6.29. The third-order valence-electron chi connectivity index (χ3n) is 4.69. The molecule has 0 spiro atoms. The predicted octanol–water partition coefficient (Wildman–Crippen LogP) is 3.09. The molecule has 1 aromatic carbocycles. The summed E-state index contributed by atoms with van der Waals surface area (Å²) in [5.74, 6) is -1.12. The third-order valence-corrected chi connectivity index (χ3v) is 4.69. The highest BCUT2D eigenvalue weighted by Gasteiger charge is 2.48. The Morgan fingerprint density at radius 3 is 2.83 bits per heavy atom. The Hall–Kier alpha value is -1.20. The van der Waals surface area contributed by atoms with Gasteiger partial charge in [0.1, 0.15) is 11.6 Å². The van der Waals surface area contributed by atoms with Crippen LogP contribution >= 0.6 is 12.4 Å². The second-order valence-electron chi connectivity index (χ2n) is 6.29. The van der Waals surface area contributed by atoms with Crippen molar-refractivity contribution in [3.8, 4) is 0 Å². The zero-order chi connectivity index (χ0) is 15.7. The number of nitrogens with one attached hydrogen (secondary N) is 1. The van der Waals surface area contributed by atoms with Crippen LogP contribution in [0.1, 0.15) is 37.7 Å². The van der Waals surface area contributed by atoms with Gasteiger partial charge >= 0.3 is 0 Å². The molecule has 1 N–H and O–H groups in total. The van der Waals surface area contributed by atoms with Crippen molar-refractivity contribution >= 4 is 18.3 Å². The number of hydrogen-bond donors (Lipinski definition) is 1. The van der Waals surface area contributed by atoms with Gasteiger partial charge in [-0.2, -0.15) is 0 Å². The number of hydrogen-bond acceptors (Lipinski definition) is 2. The maximum Gasteiger partial charge on any atom is 0.226 e. The van der Waals surface area contributed by atoms with Crippen LogP contribution in [0, 0.1) is 17.6 Å². The highest BCUT2D eigenvalue weighted by molar-refractivity contribution is 5.85. The topological polar surface area (TPSA) is 32.3 Å². The normalized spacial score (nSPS) is 25.8. The lowest BCUT2D eigenvalue weighted by Crippen LogP contribution is -2.43. The summed E-state index contributed by atoms with van der Waals surface area (Å²) >= 11 is 0. The Kier molecular flexibility index (Phi) is 5.98. The molecule has 1 aliphatic carbocycles. The number of nitrogens with zero attached hydrogens (tertiary/aromatic N) is 1. The van der Waals surface area contributed by atoms with E-state index in [1.807, 2.05) is 4.90 Å². The van der Waals surface area contributed by atoms with Crippen LogP contribution in [0.15, 0.2) is 18.2 Å². The zero-order valence-electron chi connectivity index (χ0n) is 13.2. The summed E-state index contributed by atoms with van der Waals surface area (Å²) in [7, 11) is 0. The van der Waals surface area contributed by atoms with Gasteiger partial charge in [-0.05, 0) is 55.5 Å². The van der Waals surface area contributed by atoms with Crippen molar-refractivity contribution in [2.75, 3.05) is 19.6 Å². The third kappa shape index (κ3) is 3.83. The van der Waals surface area contributed by atoms with Crippen molar-refractivity contribution in [3.63, 3.8) is 0 Å². The molecule has 23 heavy (non-hydrogen) atoms. The first-order valence-corrected chi connectivity index (χ1v) is 8.08. The first-order chi connectivity index (χ1) is 10.6. The van der Waals surface area contributed by atoms with Gasteiger partial charge in [0.2, 0.25) is 5.91 Å². The van der Waals surface area contributed by atoms with Gasteiger partial charge in [-0.15, -0.1) is 12.4 Å². The maximum absolute atomic E-state index is 13.8. The first-order valence-electron chi connectivity index (χ1n) is 8.08. The van der Waals surface area contributed by atoms with E-state index in [2.05, 4.69) is 12.2 Å². The van der Waals surface area contributed by atoms with Crippen LogP contribution in [-0.4, -0.2) is 36.5 Å². The quantitative estimate of drug-likeness (QED) is 0.890. The Labute approximate surface area is 141 Å². The smallest absolute Gasteiger partial charge is 0.226 e. The molecule has 6 heteroatoms. The van der Waals surface area contributed by atoms with Crippen molar-refractivity contribution in [1.82, 2.24) is 10.2 Å². The van der Waals surface area contributed by atoms with Crippen molar-refractivity contribution < 1.29 is 13.6 Å². The molecular formula is C17H23ClF2N2O. The summed E-state index contributed by atoms with van der Waals surface area (Å²) in [5, 5.41) is 3.28. The van der Waals surface area contributed by atoms with Crippen LogP contribution in [0.5, 0.6) is 0 Å². The average molecular weight is 345 g/mol. The van der Waals surface area contributed by atoms with Crippen LogP contribution in [-0.2, 0) is 4.79 Å². The fourth-order valence-corrected chi connectivity index (χ4v) is 3.44. The van der Waals surface area contributed by atoms with Crippen molar-refractivity contribution in [2.45, 2.75) is 38.1 Å². The minimum absolute atomic E-state index is 0. The lowest BCUT2D eigenvalue weighted by molar-refractivity contribution is -0.134. The molecule has 3 rings (SSSR count). The van der Waals surface area contributed by atoms with E-state index in [0.717, 1.165) is 44.6 Å². The van der Waals surface area contributed by atoms with E-state index < -0.39 is 11.6 Å². The summed E-state index contributed by atoms with van der Waals surface area (Å²) in [6.45, 7) is 4.56. The highest BCUT2D eigenvalue weighted by atomic mass is 35.5. The van der Waals surface area contributed by atoms with Gasteiger partial charge in [-0.1, -0.05) is 6.92 Å². The van der Waals surface area contributed by atoms with Crippen LogP contribution in [0.4, 0.5) is 8.78 Å². The van der Waals surface area contributed by atoms with Gasteiger partial charge in [0.25, 0.3) is 0 Å². The summed E-state index contributed by atoms with van der Waals surface area (Å²) < 4.78 is 27.2. The average Bonchev–Trinajstić information content (AvgIpc) is 3.12. The summed E-state index contributed by atoms with van der Waals surface area (Å²) in [6, 6.07) is 3.74. The van der Waals surface area contributed by atoms with Gasteiger partial charge in [-0.3, -0.25) is 4.79 Å². The van der Waals surface area contributed by atoms with E-state index in [9.17, 15) is 13.6 Å². The van der Waals surface area contributed by atoms with E-state index in [-0.39, 0.29) is 36.2 Å². The van der Waals surface area contributed by atoms with E-state index in [1.165, 1.54) is 6.07 Å². The number of carbonyl (C=O) groups is 1. The first kappa shape index (κ1) is 18.1. The van der Waals surface area contributed by atoms with Gasteiger partial charge in [0.05, 0.1) is 0 Å². The Morgan fingerprint density at radius 1 is 1.39 bits per heavy atom. The fourth-order valence-electron chi connectivity index (χ4n) is 3.44. The standard InChI is InChI=1S/C17H22F2N2O.ClH/c1-2-7-21(12-5-6-20-10-12)17(22)15-9-13(15)14-8-11(18)3-4-16(14)19;/h3-4,8,12-13,15,20H,2,5-7,9-10H2,1H3;1H. The van der Waals surface area contributed by atoms with Crippen molar-refractivity contribution in [2.24, 2.45) is 5.92 Å². The fraction of sp³-hybridized carbons (Fsp3) is 0.588. The monoisotopic (exact) mass is 344 g/mol. The number of benzene rings is 1. The largest absolute Gasteiger partial charge is 0.338 e. The maximum atomic E-state index is 13.8. The lowest BCUT2D eigenvalue weighted by atomic mass is 10.1. The molecular weight excluding hydrogens is 322 g/mol. The molecule has 1 heterocycles. The Morgan fingerprint density at radius 2 is 2.17 bits per heavy atom. The molecule has 2 aliphatic rings. The molecule has 3 atom stereocenters. The van der Waals surface area contributed by atoms with Crippen molar-refractivity contribution in [1.29, 1.82) is 0 Å². The molecule has 0 aromatic heterocycles. The molecule has 1 aromatic rings. The van der Waals surface area contributed by atoms with Gasteiger partial charge in [0.15, 0.2) is 0 Å². The molecule has 3 unspecified atom stereocenters. The van der Waals surface area contributed by atoms with Crippen LogP contribution in [0.25, 0.3) is 0 Å². The predicted molar refractivity (Wildman–Crippen MR) is 87.7 cm³/mol. The molecule has 1 aliphatic heterocycles. The van der Waals surface area contributed by atoms with E-state index in [4.69, 9.17) is 0 Å². The zero-order valence-corrected chi connectivity index (χ0v) is 14.0. The summed E-state index contributed by atoms with van der Waals surface area (Å²) in [4.78, 5) is 14.7. The van der Waals surface area contributed by atoms with Crippen LogP contribution < -0.4 is 5.32 Å². The van der Waals surface area contributed by atoms with E-state index in [0.29, 0.717) is 12.0 Å². The minimum Gasteiger partial charge on any atom is -0.338 e. The lowest BCUT2D eigenvalue weighted by Gasteiger charge is -2.28. The van der Waals surface area contributed by atoms with E-state index >= 15 is 0 Å². The molecule has 2 fully saturated rings. The SMILES string of the molecule is CCCN(C(=O)C1CC1c1cc(F)ccc1F)C1CCNC1.Cl. The van der Waals surface area contributed by atoms with Crippen molar-refractivity contribution in [3.05, 3.63) is 35.4 Å².